The molecule has 0 aliphatic rings. The molecule has 0 saturated heterocycles. The second-order valence-corrected chi connectivity index (χ2v) is 8.37. The number of unbranched alkanes of at least 4 members (excludes halogenated alkanes) is 2. The summed E-state index contributed by atoms with van der Waals surface area (Å²) in [6.07, 6.45) is 10.4. The van der Waals surface area contributed by atoms with E-state index in [0.29, 0.717) is 18.4 Å². The maximum absolute atomic E-state index is 12.9. The molecule has 0 spiro atoms. The molecule has 0 amide bonds. The number of nitrogens with zero attached hydrogens (tertiary/aromatic N) is 1. The van der Waals surface area contributed by atoms with Gasteiger partial charge in [0.15, 0.2) is 0 Å². The van der Waals surface area contributed by atoms with Crippen LogP contribution in [0.5, 0.6) is 0 Å². The van der Waals surface area contributed by atoms with Crippen LogP contribution < -0.4 is 4.90 Å². The van der Waals surface area contributed by atoms with E-state index in [-0.39, 0.29) is 5.97 Å². The molecule has 1 rings (SSSR count). The summed E-state index contributed by atoms with van der Waals surface area (Å²) in [4.78, 5) is 15.0. The van der Waals surface area contributed by atoms with E-state index in [1.54, 1.807) is 0 Å². The monoisotopic (exact) mass is 389 g/mol. The normalized spacial score (nSPS) is 13.2. The molecule has 0 bridgehead atoms. The first-order valence-corrected chi connectivity index (χ1v) is 11.4. The van der Waals surface area contributed by atoms with Gasteiger partial charge in [-0.2, -0.15) is 0 Å². The fourth-order valence-electron chi connectivity index (χ4n) is 3.65. The van der Waals surface area contributed by atoms with E-state index >= 15 is 0 Å². The fourth-order valence-corrected chi connectivity index (χ4v) is 3.65. The number of carbonyl (C=O) groups is 1. The number of benzene rings is 1. The maximum atomic E-state index is 12.9. The molecule has 0 fully saturated rings. The predicted octanol–water partition coefficient (Wildman–Crippen LogP) is 6.88. The molecule has 0 aliphatic carbocycles. The van der Waals surface area contributed by atoms with Crippen molar-refractivity contribution >= 4 is 11.7 Å². The van der Waals surface area contributed by atoms with Crippen molar-refractivity contribution in [3.8, 4) is 0 Å². The highest BCUT2D eigenvalue weighted by atomic mass is 16.5. The molecule has 0 aliphatic heterocycles. The first kappa shape index (κ1) is 24.5. The minimum absolute atomic E-state index is 0.152. The Bertz CT molecular complexity index is 568. The first-order chi connectivity index (χ1) is 13.5. The zero-order chi connectivity index (χ0) is 20.9. The van der Waals surface area contributed by atoms with Crippen LogP contribution in [0.1, 0.15) is 95.0 Å². The van der Waals surface area contributed by atoms with Gasteiger partial charge in [0.2, 0.25) is 0 Å². The second-order valence-electron chi connectivity index (χ2n) is 8.37. The SMILES string of the molecule is CCCCC(CC)COC(=O)c1ccc(N(C)C)cc1CC(CC)CCCC. The van der Waals surface area contributed by atoms with Crippen LogP contribution in [0.4, 0.5) is 5.69 Å². The van der Waals surface area contributed by atoms with Crippen molar-refractivity contribution in [1.82, 2.24) is 0 Å². The van der Waals surface area contributed by atoms with Gasteiger partial charge in [-0.25, -0.2) is 4.79 Å². The molecule has 3 nitrogen and oxygen atoms in total. The Morgan fingerprint density at radius 1 is 0.964 bits per heavy atom. The standard InChI is InChI=1S/C25H43NO2/c1-7-11-13-20(9-3)17-22-18-23(26(5)6)15-16-24(22)25(27)28-19-21(10-4)14-12-8-2/h15-16,18,20-21H,7-14,17,19H2,1-6H3. The van der Waals surface area contributed by atoms with E-state index < -0.39 is 0 Å². The predicted molar refractivity (Wildman–Crippen MR) is 121 cm³/mol. The van der Waals surface area contributed by atoms with Crippen LogP contribution in [0.3, 0.4) is 0 Å². The van der Waals surface area contributed by atoms with E-state index in [9.17, 15) is 4.79 Å². The Hall–Kier alpha value is -1.51. The Morgan fingerprint density at radius 2 is 1.57 bits per heavy atom. The van der Waals surface area contributed by atoms with Gasteiger partial charge < -0.3 is 9.64 Å². The Kier molecular flexibility index (Phi) is 11.9. The number of ether oxygens (including phenoxy) is 1. The summed E-state index contributed by atoms with van der Waals surface area (Å²) in [5.74, 6) is 0.943. The van der Waals surface area contributed by atoms with Gasteiger partial charge >= 0.3 is 5.97 Å². The van der Waals surface area contributed by atoms with Crippen molar-refractivity contribution in [2.45, 2.75) is 85.5 Å². The minimum atomic E-state index is -0.152. The average molecular weight is 390 g/mol. The molecule has 0 radical (unpaired) electrons. The maximum Gasteiger partial charge on any atom is 0.338 e. The smallest absolute Gasteiger partial charge is 0.338 e. The number of hydrogen-bond donors (Lipinski definition) is 0. The van der Waals surface area contributed by atoms with Crippen LogP contribution in [-0.4, -0.2) is 26.7 Å². The van der Waals surface area contributed by atoms with E-state index in [4.69, 9.17) is 4.74 Å². The lowest BCUT2D eigenvalue weighted by Gasteiger charge is -2.21. The molecule has 0 saturated carbocycles. The molecule has 0 aromatic heterocycles. The van der Waals surface area contributed by atoms with Gasteiger partial charge in [0.25, 0.3) is 0 Å². The highest BCUT2D eigenvalue weighted by Crippen LogP contribution is 2.26. The molecule has 1 aromatic carbocycles. The van der Waals surface area contributed by atoms with E-state index in [2.05, 4.69) is 38.7 Å². The highest BCUT2D eigenvalue weighted by molar-refractivity contribution is 5.91. The van der Waals surface area contributed by atoms with Crippen molar-refractivity contribution in [3.05, 3.63) is 29.3 Å². The molecular formula is C25H43NO2. The minimum Gasteiger partial charge on any atom is -0.462 e. The van der Waals surface area contributed by atoms with Crippen LogP contribution >= 0.6 is 0 Å². The van der Waals surface area contributed by atoms with Crippen molar-refractivity contribution in [3.63, 3.8) is 0 Å². The molecule has 2 unspecified atom stereocenters. The van der Waals surface area contributed by atoms with E-state index in [0.717, 1.165) is 42.5 Å². The van der Waals surface area contributed by atoms with Crippen molar-refractivity contribution in [2.75, 3.05) is 25.6 Å². The molecule has 3 heteroatoms. The Balaban J connectivity index is 2.94. The molecule has 160 valence electrons. The van der Waals surface area contributed by atoms with Crippen molar-refractivity contribution in [2.24, 2.45) is 11.8 Å². The summed E-state index contributed by atoms with van der Waals surface area (Å²) in [6.45, 7) is 9.43. The van der Waals surface area contributed by atoms with Crippen LogP contribution in [0.2, 0.25) is 0 Å². The van der Waals surface area contributed by atoms with Crippen LogP contribution in [0.15, 0.2) is 18.2 Å². The molecule has 0 heterocycles. The lowest BCUT2D eigenvalue weighted by molar-refractivity contribution is 0.0426. The lowest BCUT2D eigenvalue weighted by Crippen LogP contribution is -2.17. The Labute approximate surface area is 173 Å². The molecule has 1 aromatic rings. The quantitative estimate of drug-likeness (QED) is 0.325. The topological polar surface area (TPSA) is 29.5 Å². The van der Waals surface area contributed by atoms with Crippen LogP contribution in [0.25, 0.3) is 0 Å². The third-order valence-corrected chi connectivity index (χ3v) is 5.87. The van der Waals surface area contributed by atoms with Crippen LogP contribution in [0, 0.1) is 11.8 Å². The van der Waals surface area contributed by atoms with E-state index in [1.807, 2.05) is 26.2 Å². The number of rotatable bonds is 14. The van der Waals surface area contributed by atoms with Gasteiger partial charge in [0.05, 0.1) is 12.2 Å². The third kappa shape index (κ3) is 8.24. The van der Waals surface area contributed by atoms with Gasteiger partial charge in [-0.1, -0.05) is 72.6 Å². The van der Waals surface area contributed by atoms with Crippen molar-refractivity contribution < 1.29 is 9.53 Å². The lowest BCUT2D eigenvalue weighted by atomic mass is 9.89. The fraction of sp³-hybridized carbons (Fsp3) is 0.720. The third-order valence-electron chi connectivity index (χ3n) is 5.87. The summed E-state index contributed by atoms with van der Waals surface area (Å²) in [7, 11) is 4.09. The van der Waals surface area contributed by atoms with Gasteiger partial charge in [-0.3, -0.25) is 0 Å². The summed E-state index contributed by atoms with van der Waals surface area (Å²) in [5, 5.41) is 0. The number of carbonyl (C=O) groups excluding carboxylic acids is 1. The molecule has 0 N–H and O–H groups in total. The summed E-state index contributed by atoms with van der Waals surface area (Å²) < 4.78 is 5.76. The molecule has 28 heavy (non-hydrogen) atoms. The van der Waals surface area contributed by atoms with Gasteiger partial charge in [-0.15, -0.1) is 0 Å². The summed E-state index contributed by atoms with van der Waals surface area (Å²) >= 11 is 0. The number of hydrogen-bond acceptors (Lipinski definition) is 3. The molecular weight excluding hydrogens is 346 g/mol. The number of esters is 1. The summed E-state index contributed by atoms with van der Waals surface area (Å²) in [5.41, 5.74) is 3.04. The number of anilines is 1. The van der Waals surface area contributed by atoms with Crippen molar-refractivity contribution in [1.29, 1.82) is 0 Å². The zero-order valence-electron chi connectivity index (χ0n) is 19.2. The zero-order valence-corrected chi connectivity index (χ0v) is 19.2. The largest absolute Gasteiger partial charge is 0.462 e. The summed E-state index contributed by atoms with van der Waals surface area (Å²) in [6, 6.07) is 6.17. The van der Waals surface area contributed by atoms with Gasteiger partial charge in [0, 0.05) is 19.8 Å². The van der Waals surface area contributed by atoms with Gasteiger partial charge in [-0.05, 0) is 48.4 Å². The Morgan fingerprint density at radius 3 is 2.11 bits per heavy atom. The average Bonchev–Trinajstić information content (AvgIpc) is 2.70. The first-order valence-electron chi connectivity index (χ1n) is 11.4. The second kappa shape index (κ2) is 13.6. The molecule has 2 atom stereocenters. The van der Waals surface area contributed by atoms with Crippen LogP contribution in [-0.2, 0) is 11.2 Å². The van der Waals surface area contributed by atoms with E-state index in [1.165, 1.54) is 32.1 Å². The van der Waals surface area contributed by atoms with Gasteiger partial charge in [0.1, 0.15) is 0 Å². The highest BCUT2D eigenvalue weighted by Gasteiger charge is 2.18.